The summed E-state index contributed by atoms with van der Waals surface area (Å²) in [7, 11) is 1.57. The van der Waals surface area contributed by atoms with Crippen LogP contribution >= 0.6 is 0 Å². The summed E-state index contributed by atoms with van der Waals surface area (Å²) in [5.41, 5.74) is -0.362. The highest BCUT2D eigenvalue weighted by atomic mass is 16.5. The predicted octanol–water partition coefficient (Wildman–Crippen LogP) is 1.34. The van der Waals surface area contributed by atoms with Gasteiger partial charge in [-0.3, -0.25) is 0 Å². The molecular formula is C9H13NO4. The summed E-state index contributed by atoms with van der Waals surface area (Å²) in [6, 6.07) is 0. The maximum atomic E-state index is 10.7. The van der Waals surface area contributed by atoms with Gasteiger partial charge in [-0.25, -0.2) is 4.79 Å². The Kier molecular flexibility index (Phi) is 2.90. The maximum absolute atomic E-state index is 10.7. The molecule has 1 heterocycles. The molecule has 0 saturated carbocycles. The molecule has 0 fully saturated rings. The van der Waals surface area contributed by atoms with Crippen LogP contribution in [-0.2, 0) is 11.2 Å². The summed E-state index contributed by atoms with van der Waals surface area (Å²) in [5, 5.41) is 12.2. The quantitative estimate of drug-likeness (QED) is 0.792. The Balaban J connectivity index is 2.86. The van der Waals surface area contributed by atoms with Gasteiger partial charge in [-0.05, 0) is 13.8 Å². The fourth-order valence-electron chi connectivity index (χ4n) is 1.02. The number of carboxylic acid groups (broad SMARTS) is 1. The molecule has 1 aromatic rings. The van der Waals surface area contributed by atoms with Crippen molar-refractivity contribution in [1.82, 2.24) is 5.16 Å². The Hall–Kier alpha value is -1.36. The largest absolute Gasteiger partial charge is 0.478 e. The fourth-order valence-corrected chi connectivity index (χ4v) is 1.02. The van der Waals surface area contributed by atoms with E-state index in [2.05, 4.69) is 5.16 Å². The van der Waals surface area contributed by atoms with Crippen molar-refractivity contribution in [2.45, 2.75) is 25.9 Å². The number of hydrogen-bond acceptors (Lipinski definition) is 4. The summed E-state index contributed by atoms with van der Waals surface area (Å²) < 4.78 is 10.0. The number of carbonyl (C=O) groups is 1. The van der Waals surface area contributed by atoms with Crippen molar-refractivity contribution in [2.24, 2.45) is 0 Å². The van der Waals surface area contributed by atoms with Crippen molar-refractivity contribution in [3.05, 3.63) is 17.5 Å². The zero-order valence-corrected chi connectivity index (χ0v) is 8.40. The van der Waals surface area contributed by atoms with Gasteiger partial charge in [0.2, 0.25) is 0 Å². The van der Waals surface area contributed by atoms with Gasteiger partial charge < -0.3 is 14.4 Å². The van der Waals surface area contributed by atoms with Crippen LogP contribution in [0.25, 0.3) is 0 Å². The van der Waals surface area contributed by atoms with Crippen LogP contribution in [0.1, 0.15) is 30.0 Å². The van der Waals surface area contributed by atoms with E-state index >= 15 is 0 Å². The Morgan fingerprint density at radius 1 is 1.71 bits per heavy atom. The number of rotatable bonds is 4. The number of hydrogen-bond donors (Lipinski definition) is 1. The Morgan fingerprint density at radius 2 is 2.36 bits per heavy atom. The highest BCUT2D eigenvalue weighted by molar-refractivity contribution is 5.88. The highest BCUT2D eigenvalue weighted by Gasteiger charge is 2.24. The lowest BCUT2D eigenvalue weighted by Crippen LogP contribution is -2.26. The molecule has 0 aromatic carbocycles. The van der Waals surface area contributed by atoms with Crippen molar-refractivity contribution in [1.29, 1.82) is 0 Å². The van der Waals surface area contributed by atoms with Gasteiger partial charge in [-0.2, -0.15) is 0 Å². The second-order valence-corrected chi connectivity index (χ2v) is 3.61. The summed E-state index contributed by atoms with van der Waals surface area (Å²) >= 11 is 0. The molecule has 0 amide bonds. The minimum absolute atomic E-state index is 0.0927. The summed E-state index contributed by atoms with van der Waals surface area (Å²) in [5.74, 6) is -0.697. The first kappa shape index (κ1) is 10.7. The van der Waals surface area contributed by atoms with Gasteiger partial charge in [0, 0.05) is 13.5 Å². The van der Waals surface area contributed by atoms with Gasteiger partial charge in [0.05, 0.1) is 11.8 Å². The zero-order valence-electron chi connectivity index (χ0n) is 8.40. The van der Waals surface area contributed by atoms with Crippen molar-refractivity contribution >= 4 is 5.97 Å². The molecule has 0 radical (unpaired) electrons. The summed E-state index contributed by atoms with van der Waals surface area (Å²) in [6.45, 7) is 3.70. The number of aromatic carboxylic acids is 1. The lowest BCUT2D eigenvalue weighted by Gasteiger charge is -2.21. The molecular weight excluding hydrogens is 186 g/mol. The number of methoxy groups -OCH3 is 1. The van der Waals surface area contributed by atoms with E-state index < -0.39 is 11.6 Å². The third kappa shape index (κ3) is 2.32. The SMILES string of the molecule is COC(C)(C)Cc1oncc1C(=O)O. The van der Waals surface area contributed by atoms with Crippen LogP contribution in [0.15, 0.2) is 10.7 Å². The monoisotopic (exact) mass is 199 g/mol. The van der Waals surface area contributed by atoms with Crippen molar-refractivity contribution in [3.63, 3.8) is 0 Å². The Bertz CT molecular complexity index is 329. The molecule has 14 heavy (non-hydrogen) atoms. The first-order valence-electron chi connectivity index (χ1n) is 4.18. The van der Waals surface area contributed by atoms with Crippen molar-refractivity contribution in [2.75, 3.05) is 7.11 Å². The number of ether oxygens (including phenoxy) is 1. The number of nitrogens with zero attached hydrogens (tertiary/aromatic N) is 1. The average molecular weight is 199 g/mol. The highest BCUT2D eigenvalue weighted by Crippen LogP contribution is 2.18. The third-order valence-corrected chi connectivity index (χ3v) is 2.01. The maximum Gasteiger partial charge on any atom is 0.340 e. The van der Waals surface area contributed by atoms with Crippen LogP contribution in [0.3, 0.4) is 0 Å². The van der Waals surface area contributed by atoms with E-state index in [0.29, 0.717) is 12.2 Å². The van der Waals surface area contributed by atoms with E-state index in [1.54, 1.807) is 7.11 Å². The molecule has 0 bridgehead atoms. The van der Waals surface area contributed by atoms with Gasteiger partial charge in [0.15, 0.2) is 5.76 Å². The minimum Gasteiger partial charge on any atom is -0.478 e. The standard InChI is InChI=1S/C9H13NO4/c1-9(2,13-3)4-7-6(8(11)12)5-10-14-7/h5H,4H2,1-3H3,(H,11,12). The molecule has 0 aliphatic rings. The van der Waals surface area contributed by atoms with Gasteiger partial charge in [-0.1, -0.05) is 5.16 Å². The van der Waals surface area contributed by atoms with Crippen molar-refractivity contribution < 1.29 is 19.2 Å². The van der Waals surface area contributed by atoms with E-state index in [-0.39, 0.29) is 5.56 Å². The van der Waals surface area contributed by atoms with Crippen LogP contribution in [-0.4, -0.2) is 28.9 Å². The molecule has 0 spiro atoms. The predicted molar refractivity (Wildman–Crippen MR) is 48.3 cm³/mol. The van der Waals surface area contributed by atoms with Crippen LogP contribution in [0.2, 0.25) is 0 Å². The van der Waals surface area contributed by atoms with Gasteiger partial charge >= 0.3 is 5.97 Å². The topological polar surface area (TPSA) is 72.6 Å². The van der Waals surface area contributed by atoms with Crippen LogP contribution in [0.5, 0.6) is 0 Å². The molecule has 78 valence electrons. The van der Waals surface area contributed by atoms with Crippen LogP contribution in [0, 0.1) is 0 Å². The molecule has 0 saturated heterocycles. The second kappa shape index (κ2) is 3.79. The third-order valence-electron chi connectivity index (χ3n) is 2.01. The first-order valence-corrected chi connectivity index (χ1v) is 4.18. The molecule has 1 aromatic heterocycles. The van der Waals surface area contributed by atoms with Crippen LogP contribution in [0.4, 0.5) is 0 Å². The lowest BCUT2D eigenvalue weighted by atomic mass is 10.0. The number of carboxylic acids is 1. The molecule has 1 rings (SSSR count). The van der Waals surface area contributed by atoms with Crippen LogP contribution < -0.4 is 0 Å². The van der Waals surface area contributed by atoms with E-state index in [9.17, 15) is 4.79 Å². The summed E-state index contributed by atoms with van der Waals surface area (Å²) in [4.78, 5) is 10.7. The van der Waals surface area contributed by atoms with E-state index in [1.807, 2.05) is 13.8 Å². The summed E-state index contributed by atoms with van der Waals surface area (Å²) in [6.07, 6.45) is 1.58. The van der Waals surface area contributed by atoms with Gasteiger partial charge in [-0.15, -0.1) is 0 Å². The van der Waals surface area contributed by atoms with E-state index in [4.69, 9.17) is 14.4 Å². The molecule has 0 aliphatic carbocycles. The fraction of sp³-hybridized carbons (Fsp3) is 0.556. The zero-order chi connectivity index (χ0) is 10.8. The average Bonchev–Trinajstić information content (AvgIpc) is 2.51. The second-order valence-electron chi connectivity index (χ2n) is 3.61. The first-order chi connectivity index (χ1) is 6.46. The van der Waals surface area contributed by atoms with Gasteiger partial charge in [0.1, 0.15) is 5.56 Å². The van der Waals surface area contributed by atoms with Crippen molar-refractivity contribution in [3.8, 4) is 0 Å². The van der Waals surface area contributed by atoms with E-state index in [0.717, 1.165) is 0 Å². The Labute approximate surface area is 81.7 Å². The lowest BCUT2D eigenvalue weighted by molar-refractivity contribution is 0.0177. The molecule has 5 heteroatoms. The van der Waals surface area contributed by atoms with Gasteiger partial charge in [0.25, 0.3) is 0 Å². The molecule has 0 atom stereocenters. The minimum atomic E-state index is -1.03. The number of aromatic nitrogens is 1. The van der Waals surface area contributed by atoms with E-state index in [1.165, 1.54) is 6.20 Å². The smallest absolute Gasteiger partial charge is 0.340 e. The molecule has 1 N–H and O–H groups in total. The normalized spacial score (nSPS) is 11.6. The molecule has 5 nitrogen and oxygen atoms in total. The molecule has 0 unspecified atom stereocenters. The molecule has 0 aliphatic heterocycles. The Morgan fingerprint density at radius 3 is 2.86 bits per heavy atom.